The smallest absolute Gasteiger partial charge is 0.272 e. The van der Waals surface area contributed by atoms with E-state index in [0.29, 0.717) is 17.9 Å². The number of ether oxygens (including phenoxy) is 1. The molecule has 8 heteroatoms. The lowest BCUT2D eigenvalue weighted by Gasteiger charge is -2.11. The van der Waals surface area contributed by atoms with E-state index in [0.717, 1.165) is 24.5 Å². The van der Waals surface area contributed by atoms with Crippen LogP contribution in [0.2, 0.25) is 0 Å². The van der Waals surface area contributed by atoms with Gasteiger partial charge in [0.25, 0.3) is 5.91 Å². The quantitative estimate of drug-likeness (QED) is 0.306. The Bertz CT molecular complexity index is 970. The van der Waals surface area contributed by atoms with Gasteiger partial charge in [0.05, 0.1) is 20.7 Å². The number of carbonyl (C=O) groups is 1. The number of aromatic nitrogens is 1. The number of hydrogen-bond donors (Lipinski definition) is 1. The maximum Gasteiger partial charge on any atom is 0.272 e. The normalized spacial score (nSPS) is 10.8. The first-order chi connectivity index (χ1) is 13.5. The van der Waals surface area contributed by atoms with Crippen molar-refractivity contribution in [3.63, 3.8) is 0 Å². The average Bonchev–Trinajstić information content (AvgIpc) is 2.69. The minimum absolute atomic E-state index is 0.322. The Balaban J connectivity index is 1.64. The molecule has 1 amide bonds. The molecular weight excluding hydrogens is 554 g/mol. The van der Waals surface area contributed by atoms with Gasteiger partial charge in [-0.3, -0.25) is 9.78 Å². The minimum Gasteiger partial charge on any atom is -0.487 e. The van der Waals surface area contributed by atoms with Crippen molar-refractivity contribution in [3.8, 4) is 5.75 Å². The van der Waals surface area contributed by atoms with Gasteiger partial charge in [-0.1, -0.05) is 28.1 Å². The zero-order valence-electron chi connectivity index (χ0n) is 14.4. The molecule has 3 aromatic rings. The Hall–Kier alpha value is -2.03. The molecule has 142 valence electrons. The van der Waals surface area contributed by atoms with Gasteiger partial charge in [0.15, 0.2) is 0 Å². The maximum absolute atomic E-state index is 12.0. The highest BCUT2D eigenvalue weighted by Crippen LogP contribution is 2.35. The van der Waals surface area contributed by atoms with Crippen molar-refractivity contribution < 1.29 is 9.53 Å². The number of nitrogens with zero attached hydrogens (tertiary/aromatic N) is 2. The number of benzene rings is 2. The fraction of sp³-hybridized carbons (Fsp3) is 0.0500. The molecule has 5 nitrogen and oxygen atoms in total. The van der Waals surface area contributed by atoms with Crippen LogP contribution in [-0.2, 0) is 6.61 Å². The van der Waals surface area contributed by atoms with Crippen LogP contribution < -0.4 is 10.2 Å². The highest BCUT2D eigenvalue weighted by Gasteiger charge is 2.09. The molecule has 0 spiro atoms. The SMILES string of the molecule is O=C(N/N=C/c1cc(Br)c(OCc2ccc(Br)cc2)c(Br)c1)c1cccnc1. The second-order valence-corrected chi connectivity index (χ2v) is 8.29. The summed E-state index contributed by atoms with van der Waals surface area (Å²) in [5.74, 6) is 0.372. The predicted molar refractivity (Wildman–Crippen MR) is 120 cm³/mol. The Morgan fingerprint density at radius 2 is 1.82 bits per heavy atom. The first-order valence-corrected chi connectivity index (χ1v) is 10.5. The summed E-state index contributed by atoms with van der Waals surface area (Å²) in [6.07, 6.45) is 4.65. The summed E-state index contributed by atoms with van der Waals surface area (Å²) in [6.45, 7) is 0.444. The van der Waals surface area contributed by atoms with Crippen molar-refractivity contribution >= 4 is 59.9 Å². The molecule has 0 aliphatic carbocycles. The summed E-state index contributed by atoms with van der Waals surface area (Å²) < 4.78 is 8.50. The average molecular weight is 568 g/mol. The monoisotopic (exact) mass is 565 g/mol. The predicted octanol–water partition coefficient (Wildman–Crippen LogP) is 5.71. The molecule has 2 aromatic carbocycles. The lowest BCUT2D eigenvalue weighted by atomic mass is 10.2. The Labute approximate surface area is 187 Å². The molecule has 0 fully saturated rings. The fourth-order valence-electron chi connectivity index (χ4n) is 2.26. The van der Waals surface area contributed by atoms with Crippen LogP contribution >= 0.6 is 47.8 Å². The lowest BCUT2D eigenvalue weighted by Crippen LogP contribution is -2.17. The first-order valence-electron chi connectivity index (χ1n) is 8.12. The molecule has 3 rings (SSSR count). The summed E-state index contributed by atoms with van der Waals surface area (Å²) in [4.78, 5) is 15.9. The van der Waals surface area contributed by atoms with Crippen LogP contribution in [0.1, 0.15) is 21.5 Å². The third kappa shape index (κ3) is 5.73. The standard InChI is InChI=1S/C20H14Br3N3O2/c21-16-5-3-13(4-6-16)12-28-19-17(22)8-14(9-18(19)23)10-25-26-20(27)15-2-1-7-24-11-15/h1-11H,12H2,(H,26,27)/b25-10+. The van der Waals surface area contributed by atoms with Gasteiger partial charge in [0, 0.05) is 16.9 Å². The third-order valence-corrected chi connectivity index (χ3v) is 5.33. The molecule has 1 heterocycles. The molecule has 0 saturated carbocycles. The van der Waals surface area contributed by atoms with Gasteiger partial charge in [-0.05, 0) is 79.4 Å². The van der Waals surface area contributed by atoms with Gasteiger partial charge < -0.3 is 4.74 Å². The molecular formula is C20H14Br3N3O2. The Kier molecular flexibility index (Phi) is 7.36. The van der Waals surface area contributed by atoms with Crippen molar-refractivity contribution in [2.45, 2.75) is 6.61 Å². The van der Waals surface area contributed by atoms with Gasteiger partial charge in [-0.25, -0.2) is 5.43 Å². The zero-order valence-corrected chi connectivity index (χ0v) is 19.2. The van der Waals surface area contributed by atoms with Crippen LogP contribution in [0.3, 0.4) is 0 Å². The van der Waals surface area contributed by atoms with Crippen LogP contribution in [0, 0.1) is 0 Å². The van der Waals surface area contributed by atoms with E-state index in [1.54, 1.807) is 24.5 Å². The van der Waals surface area contributed by atoms with Crippen LogP contribution in [0.25, 0.3) is 0 Å². The highest BCUT2D eigenvalue weighted by molar-refractivity contribution is 9.11. The van der Waals surface area contributed by atoms with E-state index in [9.17, 15) is 4.79 Å². The molecule has 28 heavy (non-hydrogen) atoms. The van der Waals surface area contributed by atoms with Crippen molar-refractivity contribution in [1.29, 1.82) is 0 Å². The summed E-state index contributed by atoms with van der Waals surface area (Å²) >= 11 is 10.5. The second-order valence-electron chi connectivity index (χ2n) is 5.67. The number of nitrogens with one attached hydrogen (secondary N) is 1. The summed E-state index contributed by atoms with van der Waals surface area (Å²) in [6, 6.07) is 15.0. The lowest BCUT2D eigenvalue weighted by molar-refractivity contribution is 0.0955. The van der Waals surface area contributed by atoms with Crippen LogP contribution in [-0.4, -0.2) is 17.1 Å². The molecule has 0 aliphatic rings. The van der Waals surface area contributed by atoms with E-state index in [4.69, 9.17) is 4.74 Å². The number of halogens is 3. The van der Waals surface area contributed by atoms with E-state index in [1.807, 2.05) is 36.4 Å². The van der Waals surface area contributed by atoms with Gasteiger partial charge in [0.2, 0.25) is 0 Å². The second kappa shape index (κ2) is 9.95. The number of rotatable bonds is 6. The Morgan fingerprint density at radius 3 is 2.46 bits per heavy atom. The van der Waals surface area contributed by atoms with E-state index >= 15 is 0 Å². The van der Waals surface area contributed by atoms with E-state index in [1.165, 1.54) is 6.20 Å². The van der Waals surface area contributed by atoms with Crippen molar-refractivity contribution in [2.75, 3.05) is 0 Å². The molecule has 0 radical (unpaired) electrons. The summed E-state index contributed by atoms with van der Waals surface area (Å²) in [5, 5.41) is 3.99. The van der Waals surface area contributed by atoms with Gasteiger partial charge in [-0.2, -0.15) is 5.10 Å². The number of hydrazone groups is 1. The maximum atomic E-state index is 12.0. The third-order valence-electron chi connectivity index (χ3n) is 3.62. The van der Waals surface area contributed by atoms with E-state index < -0.39 is 0 Å². The fourth-order valence-corrected chi connectivity index (χ4v) is 3.97. The molecule has 0 saturated heterocycles. The van der Waals surface area contributed by atoms with Crippen molar-refractivity contribution in [2.24, 2.45) is 5.10 Å². The van der Waals surface area contributed by atoms with Crippen molar-refractivity contribution in [3.05, 3.63) is 91.0 Å². The van der Waals surface area contributed by atoms with E-state index in [2.05, 4.69) is 63.3 Å². The number of amides is 1. The highest BCUT2D eigenvalue weighted by atomic mass is 79.9. The molecule has 1 aromatic heterocycles. The van der Waals surface area contributed by atoms with Crippen molar-refractivity contribution in [1.82, 2.24) is 10.4 Å². The molecule has 0 bridgehead atoms. The van der Waals surface area contributed by atoms with Gasteiger partial charge in [-0.15, -0.1) is 0 Å². The van der Waals surface area contributed by atoms with Gasteiger partial charge in [0.1, 0.15) is 12.4 Å². The number of pyridine rings is 1. The molecule has 0 unspecified atom stereocenters. The molecule has 0 aliphatic heterocycles. The topological polar surface area (TPSA) is 63.6 Å². The zero-order chi connectivity index (χ0) is 19.9. The summed E-state index contributed by atoms with van der Waals surface area (Å²) in [7, 11) is 0. The number of carbonyl (C=O) groups excluding carboxylic acids is 1. The largest absolute Gasteiger partial charge is 0.487 e. The van der Waals surface area contributed by atoms with Gasteiger partial charge >= 0.3 is 0 Å². The molecule has 0 atom stereocenters. The number of hydrogen-bond acceptors (Lipinski definition) is 4. The Morgan fingerprint density at radius 1 is 1.11 bits per heavy atom. The van der Waals surface area contributed by atoms with Crippen LogP contribution in [0.5, 0.6) is 5.75 Å². The van der Waals surface area contributed by atoms with Crippen LogP contribution in [0.4, 0.5) is 0 Å². The minimum atomic E-state index is -0.322. The van der Waals surface area contributed by atoms with Crippen LogP contribution in [0.15, 0.2) is 79.4 Å². The van der Waals surface area contributed by atoms with E-state index in [-0.39, 0.29) is 5.91 Å². The first kappa shape index (κ1) is 20.7. The molecule has 1 N–H and O–H groups in total. The summed E-state index contributed by atoms with van der Waals surface area (Å²) in [5.41, 5.74) is 4.77.